The molecule has 160 valence electrons. The number of hydrogen-bond acceptors (Lipinski definition) is 4. The van der Waals surface area contributed by atoms with Crippen LogP contribution in [0.5, 0.6) is 0 Å². The van der Waals surface area contributed by atoms with E-state index in [1.54, 1.807) is 24.1 Å². The minimum atomic E-state index is -0.262. The third-order valence-corrected chi connectivity index (χ3v) is 5.79. The van der Waals surface area contributed by atoms with E-state index < -0.39 is 0 Å². The zero-order valence-corrected chi connectivity index (χ0v) is 17.3. The van der Waals surface area contributed by atoms with Crippen LogP contribution in [0, 0.1) is 5.82 Å². The molecule has 0 bridgehead atoms. The van der Waals surface area contributed by atoms with Crippen molar-refractivity contribution in [2.24, 2.45) is 4.99 Å². The zero-order valence-electron chi connectivity index (χ0n) is 17.3. The molecule has 0 atom stereocenters. The Bertz CT molecular complexity index is 714. The predicted molar refractivity (Wildman–Crippen MR) is 110 cm³/mol. The Morgan fingerprint density at radius 1 is 1.24 bits per heavy atom. The second-order valence-electron chi connectivity index (χ2n) is 7.48. The van der Waals surface area contributed by atoms with E-state index >= 15 is 0 Å². The van der Waals surface area contributed by atoms with Crippen molar-refractivity contribution in [3.05, 3.63) is 35.6 Å². The highest BCUT2D eigenvalue weighted by molar-refractivity contribution is 5.80. The number of nitrogens with one attached hydrogen (secondary N) is 1. The first-order valence-electron chi connectivity index (χ1n) is 10.3. The lowest BCUT2D eigenvalue weighted by Crippen LogP contribution is -2.55. The summed E-state index contributed by atoms with van der Waals surface area (Å²) in [5, 5.41) is 3.50. The van der Waals surface area contributed by atoms with Crippen molar-refractivity contribution in [2.45, 2.75) is 25.2 Å². The average molecular weight is 407 g/mol. The molecule has 0 aromatic heterocycles. The largest absolute Gasteiger partial charge is 0.450 e. The van der Waals surface area contributed by atoms with Gasteiger partial charge in [-0.1, -0.05) is 12.1 Å². The molecule has 1 N–H and O–H groups in total. The van der Waals surface area contributed by atoms with Crippen LogP contribution in [0.1, 0.15) is 25.3 Å². The first-order chi connectivity index (χ1) is 14.1. The molecule has 0 unspecified atom stereocenters. The third-order valence-electron chi connectivity index (χ3n) is 5.79. The third kappa shape index (κ3) is 5.18. The van der Waals surface area contributed by atoms with Gasteiger partial charge in [-0.15, -0.1) is 0 Å². The minimum Gasteiger partial charge on any atom is -0.450 e. The SMILES string of the molecule is CCOC(=O)N1CCN(C(=NC)NCC2(c3cccc(F)c3)CCOCC2)CC1. The van der Waals surface area contributed by atoms with Gasteiger partial charge in [0.1, 0.15) is 5.82 Å². The van der Waals surface area contributed by atoms with Crippen molar-refractivity contribution in [1.29, 1.82) is 0 Å². The Labute approximate surface area is 171 Å². The molecule has 0 spiro atoms. The van der Waals surface area contributed by atoms with Crippen LogP contribution in [-0.4, -0.2) is 81.4 Å². The molecule has 2 heterocycles. The number of aliphatic imine (C=N–C) groups is 1. The molecular formula is C21H31FN4O3. The van der Waals surface area contributed by atoms with Crippen molar-refractivity contribution in [1.82, 2.24) is 15.1 Å². The van der Waals surface area contributed by atoms with Gasteiger partial charge in [-0.3, -0.25) is 4.99 Å². The van der Waals surface area contributed by atoms with Crippen LogP contribution in [0.25, 0.3) is 0 Å². The van der Waals surface area contributed by atoms with E-state index in [1.165, 1.54) is 6.07 Å². The fourth-order valence-electron chi connectivity index (χ4n) is 4.04. The monoisotopic (exact) mass is 406 g/mol. The second kappa shape index (κ2) is 9.91. The van der Waals surface area contributed by atoms with E-state index in [2.05, 4.69) is 15.2 Å². The summed E-state index contributed by atoms with van der Waals surface area (Å²) in [5.41, 5.74) is 0.805. The molecule has 2 aliphatic heterocycles. The molecule has 1 amide bonds. The maximum atomic E-state index is 13.9. The summed E-state index contributed by atoms with van der Waals surface area (Å²) in [5.74, 6) is 0.587. The zero-order chi connectivity index (χ0) is 20.7. The number of nitrogens with zero attached hydrogens (tertiary/aromatic N) is 3. The standard InChI is InChI=1S/C21H31FN4O3/c1-3-29-20(27)26-11-9-25(10-12-26)19(23-2)24-16-21(7-13-28-14-8-21)17-5-4-6-18(22)15-17/h4-6,15H,3,7-14,16H2,1-2H3,(H,23,24). The van der Waals surface area contributed by atoms with E-state index in [0.29, 0.717) is 52.5 Å². The molecule has 2 fully saturated rings. The lowest BCUT2D eigenvalue weighted by atomic mass is 9.74. The molecule has 8 heteroatoms. The molecule has 0 saturated carbocycles. The summed E-state index contributed by atoms with van der Waals surface area (Å²) < 4.78 is 24.5. The number of piperazine rings is 1. The number of carbonyl (C=O) groups is 1. The molecule has 3 rings (SSSR count). The van der Waals surface area contributed by atoms with Gasteiger partial charge in [0.25, 0.3) is 0 Å². The fraction of sp³-hybridized carbons (Fsp3) is 0.619. The molecule has 0 radical (unpaired) electrons. The van der Waals surface area contributed by atoms with Gasteiger partial charge < -0.3 is 24.6 Å². The van der Waals surface area contributed by atoms with E-state index in [9.17, 15) is 9.18 Å². The first kappa shape index (κ1) is 21.4. The van der Waals surface area contributed by atoms with Gasteiger partial charge in [0.2, 0.25) is 0 Å². The number of halogens is 1. The van der Waals surface area contributed by atoms with E-state index in [4.69, 9.17) is 9.47 Å². The van der Waals surface area contributed by atoms with Crippen molar-refractivity contribution < 1.29 is 18.7 Å². The van der Waals surface area contributed by atoms with Crippen LogP contribution >= 0.6 is 0 Å². The molecule has 2 saturated heterocycles. The van der Waals surface area contributed by atoms with Gasteiger partial charge in [-0.2, -0.15) is 0 Å². The number of guanidine groups is 1. The van der Waals surface area contributed by atoms with Gasteiger partial charge in [-0.25, -0.2) is 9.18 Å². The second-order valence-corrected chi connectivity index (χ2v) is 7.48. The molecule has 1 aromatic carbocycles. The fourth-order valence-corrected chi connectivity index (χ4v) is 4.04. The van der Waals surface area contributed by atoms with Crippen molar-refractivity contribution in [3.8, 4) is 0 Å². The average Bonchev–Trinajstić information content (AvgIpc) is 2.75. The van der Waals surface area contributed by atoms with Crippen LogP contribution < -0.4 is 5.32 Å². The molecule has 1 aromatic rings. The number of amides is 1. The van der Waals surface area contributed by atoms with Crippen LogP contribution in [0.4, 0.5) is 9.18 Å². The smallest absolute Gasteiger partial charge is 0.409 e. The molecular weight excluding hydrogens is 375 g/mol. The number of ether oxygens (including phenoxy) is 2. The van der Waals surface area contributed by atoms with Crippen LogP contribution in [-0.2, 0) is 14.9 Å². The van der Waals surface area contributed by atoms with Gasteiger partial charge in [0, 0.05) is 58.4 Å². The highest BCUT2D eigenvalue weighted by Crippen LogP contribution is 2.34. The summed E-state index contributed by atoms with van der Waals surface area (Å²) in [6, 6.07) is 6.88. The number of rotatable bonds is 4. The topological polar surface area (TPSA) is 66.4 Å². The summed E-state index contributed by atoms with van der Waals surface area (Å²) in [6.07, 6.45) is 1.40. The summed E-state index contributed by atoms with van der Waals surface area (Å²) in [7, 11) is 1.76. The maximum Gasteiger partial charge on any atom is 0.409 e. The van der Waals surface area contributed by atoms with Crippen LogP contribution in [0.3, 0.4) is 0 Å². The maximum absolute atomic E-state index is 13.9. The van der Waals surface area contributed by atoms with Gasteiger partial charge in [-0.05, 0) is 37.5 Å². The molecule has 7 nitrogen and oxygen atoms in total. The van der Waals surface area contributed by atoms with E-state index in [0.717, 1.165) is 24.4 Å². The first-order valence-corrected chi connectivity index (χ1v) is 10.3. The number of carbonyl (C=O) groups excluding carboxylic acids is 1. The highest BCUT2D eigenvalue weighted by atomic mass is 19.1. The minimum absolute atomic E-state index is 0.191. The summed E-state index contributed by atoms with van der Waals surface area (Å²) in [6.45, 7) is 6.75. The van der Waals surface area contributed by atoms with E-state index in [1.807, 2.05) is 13.0 Å². The predicted octanol–water partition coefficient (Wildman–Crippen LogP) is 2.22. The van der Waals surface area contributed by atoms with Crippen molar-refractivity contribution in [3.63, 3.8) is 0 Å². The summed E-state index contributed by atoms with van der Waals surface area (Å²) in [4.78, 5) is 20.2. The normalized spacial score (nSPS) is 19.8. The van der Waals surface area contributed by atoms with Crippen molar-refractivity contribution in [2.75, 3.05) is 59.6 Å². The molecule has 0 aliphatic carbocycles. The Kier molecular flexibility index (Phi) is 7.30. The van der Waals surface area contributed by atoms with Gasteiger partial charge >= 0.3 is 6.09 Å². The van der Waals surface area contributed by atoms with E-state index in [-0.39, 0.29) is 17.3 Å². The molecule has 2 aliphatic rings. The highest BCUT2D eigenvalue weighted by Gasteiger charge is 2.35. The Morgan fingerprint density at radius 3 is 2.55 bits per heavy atom. The Hall–Kier alpha value is -2.35. The van der Waals surface area contributed by atoms with Gasteiger partial charge in [0.05, 0.1) is 6.61 Å². The number of hydrogen-bond donors (Lipinski definition) is 1. The summed E-state index contributed by atoms with van der Waals surface area (Å²) >= 11 is 0. The van der Waals surface area contributed by atoms with Crippen molar-refractivity contribution >= 4 is 12.1 Å². The molecule has 29 heavy (non-hydrogen) atoms. The Morgan fingerprint density at radius 2 is 1.93 bits per heavy atom. The van der Waals surface area contributed by atoms with Gasteiger partial charge in [0.15, 0.2) is 5.96 Å². The van der Waals surface area contributed by atoms with Crippen LogP contribution in [0.15, 0.2) is 29.3 Å². The number of benzene rings is 1. The quantitative estimate of drug-likeness (QED) is 0.614. The Balaban J connectivity index is 1.63. The lowest BCUT2D eigenvalue weighted by molar-refractivity contribution is 0.0509. The van der Waals surface area contributed by atoms with Crippen LogP contribution in [0.2, 0.25) is 0 Å². The lowest BCUT2D eigenvalue weighted by Gasteiger charge is -2.40.